The summed E-state index contributed by atoms with van der Waals surface area (Å²) in [6.45, 7) is 1.37. The third-order valence-electron chi connectivity index (χ3n) is 6.20. The lowest BCUT2D eigenvalue weighted by molar-refractivity contribution is -0.123. The number of hydrogen-bond acceptors (Lipinski definition) is 3. The van der Waals surface area contributed by atoms with E-state index in [0.29, 0.717) is 17.4 Å². The van der Waals surface area contributed by atoms with Gasteiger partial charge in [-0.2, -0.15) is 0 Å². The third-order valence-corrected chi connectivity index (χ3v) is 6.51. The van der Waals surface area contributed by atoms with Crippen molar-refractivity contribution in [1.82, 2.24) is 14.9 Å². The second-order valence-electron chi connectivity index (χ2n) is 8.17. The number of para-hydroxylation sites is 1. The van der Waals surface area contributed by atoms with Crippen LogP contribution in [0.15, 0.2) is 48.7 Å². The Kier molecular flexibility index (Phi) is 5.81. The molecule has 2 N–H and O–H groups in total. The van der Waals surface area contributed by atoms with Crippen LogP contribution in [0, 0.1) is 0 Å². The first kappa shape index (κ1) is 20.9. The molecule has 0 bridgehead atoms. The Balaban J connectivity index is 1.29. The third kappa shape index (κ3) is 3.85. The predicted molar refractivity (Wildman–Crippen MR) is 126 cm³/mol. The molecule has 1 unspecified atom stereocenters. The fourth-order valence-corrected chi connectivity index (χ4v) is 4.90. The highest BCUT2D eigenvalue weighted by atomic mass is 35.5. The van der Waals surface area contributed by atoms with Crippen molar-refractivity contribution in [3.8, 4) is 5.75 Å². The molecule has 4 aromatic rings. The van der Waals surface area contributed by atoms with Crippen molar-refractivity contribution in [3.63, 3.8) is 0 Å². The Labute approximate surface area is 191 Å². The minimum atomic E-state index is -0.136. The molecule has 2 aromatic carbocycles. The maximum atomic E-state index is 12.8. The van der Waals surface area contributed by atoms with Gasteiger partial charge in [-0.1, -0.05) is 29.8 Å². The van der Waals surface area contributed by atoms with Crippen molar-refractivity contribution < 1.29 is 14.3 Å². The molecule has 32 heavy (non-hydrogen) atoms. The normalized spacial score (nSPS) is 15.8. The average Bonchev–Trinajstić information content (AvgIpc) is 3.40. The number of aryl methyl sites for hydroxylation is 1. The number of hydrogen-bond donors (Lipinski definition) is 2. The molecule has 1 atom stereocenters. The number of H-pyrrole nitrogens is 1. The van der Waals surface area contributed by atoms with E-state index in [9.17, 15) is 4.79 Å². The maximum absolute atomic E-state index is 12.8. The van der Waals surface area contributed by atoms with Gasteiger partial charge >= 0.3 is 0 Å². The zero-order chi connectivity index (χ0) is 22.1. The number of ether oxygens (including phenoxy) is 2. The highest BCUT2D eigenvalue weighted by Crippen LogP contribution is 2.37. The van der Waals surface area contributed by atoms with Gasteiger partial charge in [0.15, 0.2) is 6.61 Å². The van der Waals surface area contributed by atoms with Crippen molar-refractivity contribution in [1.29, 1.82) is 0 Å². The lowest BCUT2D eigenvalue weighted by Gasteiger charge is -2.24. The van der Waals surface area contributed by atoms with Gasteiger partial charge in [-0.05, 0) is 49.1 Å². The molecule has 2 heterocycles. The number of aromatic nitrogens is 2. The van der Waals surface area contributed by atoms with Gasteiger partial charge in [0.05, 0.1) is 28.7 Å². The van der Waals surface area contributed by atoms with Crippen LogP contribution in [0.5, 0.6) is 5.75 Å². The molecule has 1 aliphatic rings. The Morgan fingerprint density at radius 1 is 1.22 bits per heavy atom. The number of halogens is 1. The van der Waals surface area contributed by atoms with E-state index in [1.807, 2.05) is 42.6 Å². The molecule has 0 aliphatic heterocycles. The van der Waals surface area contributed by atoms with Gasteiger partial charge < -0.3 is 24.3 Å². The number of methoxy groups -OCH3 is 1. The highest BCUT2D eigenvalue weighted by Gasteiger charge is 2.26. The zero-order valence-electron chi connectivity index (χ0n) is 18.0. The van der Waals surface area contributed by atoms with Crippen LogP contribution in [0.3, 0.4) is 0 Å². The summed E-state index contributed by atoms with van der Waals surface area (Å²) < 4.78 is 13.2. The topological polar surface area (TPSA) is 68.3 Å². The predicted octanol–water partition coefficient (Wildman–Crippen LogP) is 5.00. The van der Waals surface area contributed by atoms with Crippen LogP contribution >= 0.6 is 11.6 Å². The van der Waals surface area contributed by atoms with Crippen LogP contribution in [-0.4, -0.2) is 35.8 Å². The van der Waals surface area contributed by atoms with Crippen LogP contribution in [-0.2, 0) is 22.5 Å². The second kappa shape index (κ2) is 8.88. The molecule has 5 rings (SSSR count). The number of amides is 1. The van der Waals surface area contributed by atoms with Gasteiger partial charge in [0, 0.05) is 36.3 Å². The highest BCUT2D eigenvalue weighted by molar-refractivity contribution is 6.35. The number of carbonyl (C=O) groups is 1. The molecule has 7 heteroatoms. The number of benzene rings is 2. The van der Waals surface area contributed by atoms with E-state index in [4.69, 9.17) is 21.1 Å². The van der Waals surface area contributed by atoms with Crippen molar-refractivity contribution >= 4 is 39.3 Å². The Morgan fingerprint density at radius 3 is 2.97 bits per heavy atom. The summed E-state index contributed by atoms with van der Waals surface area (Å²) in [5.41, 5.74) is 4.32. The summed E-state index contributed by atoms with van der Waals surface area (Å²) in [4.78, 5) is 16.2. The van der Waals surface area contributed by atoms with E-state index in [2.05, 4.69) is 20.9 Å². The van der Waals surface area contributed by atoms with Gasteiger partial charge in [-0.25, -0.2) is 0 Å². The van der Waals surface area contributed by atoms with Crippen molar-refractivity contribution in [3.05, 3.63) is 64.9 Å². The van der Waals surface area contributed by atoms with Gasteiger partial charge in [0.1, 0.15) is 5.75 Å². The number of nitrogens with one attached hydrogen (secondary N) is 2. The van der Waals surface area contributed by atoms with E-state index in [1.54, 1.807) is 7.11 Å². The lowest BCUT2D eigenvalue weighted by atomic mass is 9.91. The SMILES string of the molecule is COCCn1ccc2c(OCC(=O)NC3CCCc4c3[nH]c3c(Cl)cccc43)cccc21. The van der Waals surface area contributed by atoms with Crippen molar-refractivity contribution in [2.24, 2.45) is 0 Å². The van der Waals surface area contributed by atoms with Crippen LogP contribution in [0.25, 0.3) is 21.8 Å². The van der Waals surface area contributed by atoms with Gasteiger partial charge in [0.25, 0.3) is 5.91 Å². The van der Waals surface area contributed by atoms with E-state index in [-0.39, 0.29) is 18.6 Å². The van der Waals surface area contributed by atoms with Crippen LogP contribution < -0.4 is 10.1 Å². The van der Waals surface area contributed by atoms with E-state index in [1.165, 1.54) is 5.56 Å². The van der Waals surface area contributed by atoms with E-state index >= 15 is 0 Å². The smallest absolute Gasteiger partial charge is 0.258 e. The van der Waals surface area contributed by atoms with E-state index < -0.39 is 0 Å². The number of carbonyl (C=O) groups excluding carboxylic acids is 1. The van der Waals surface area contributed by atoms with Gasteiger partial charge in [-0.3, -0.25) is 4.79 Å². The molecule has 6 nitrogen and oxygen atoms in total. The zero-order valence-corrected chi connectivity index (χ0v) is 18.7. The van der Waals surface area contributed by atoms with Gasteiger partial charge in [-0.15, -0.1) is 0 Å². The molecule has 0 radical (unpaired) electrons. The first-order valence-corrected chi connectivity index (χ1v) is 11.3. The second-order valence-corrected chi connectivity index (χ2v) is 8.58. The molecule has 0 saturated heterocycles. The fourth-order valence-electron chi connectivity index (χ4n) is 4.68. The Hall–Kier alpha value is -2.96. The monoisotopic (exact) mass is 451 g/mol. The molecule has 0 spiro atoms. The molecule has 166 valence electrons. The number of rotatable bonds is 7. The summed E-state index contributed by atoms with van der Waals surface area (Å²) >= 11 is 6.38. The Morgan fingerprint density at radius 2 is 2.09 bits per heavy atom. The molecule has 1 amide bonds. The van der Waals surface area contributed by atoms with Crippen LogP contribution in [0.2, 0.25) is 5.02 Å². The number of aromatic amines is 1. The van der Waals surface area contributed by atoms with E-state index in [0.717, 1.165) is 53.3 Å². The minimum Gasteiger partial charge on any atom is -0.483 e. The molecule has 0 fully saturated rings. The number of nitrogens with zero attached hydrogens (tertiary/aromatic N) is 1. The van der Waals surface area contributed by atoms with Crippen LogP contribution in [0.4, 0.5) is 0 Å². The summed E-state index contributed by atoms with van der Waals surface area (Å²) in [5.74, 6) is 0.568. The maximum Gasteiger partial charge on any atom is 0.258 e. The molecule has 1 aliphatic carbocycles. The Bertz CT molecular complexity index is 1280. The lowest BCUT2D eigenvalue weighted by Crippen LogP contribution is -2.34. The molecular weight excluding hydrogens is 426 g/mol. The van der Waals surface area contributed by atoms with Crippen LogP contribution in [0.1, 0.15) is 30.1 Å². The van der Waals surface area contributed by atoms with Crippen molar-refractivity contribution in [2.45, 2.75) is 31.8 Å². The first-order chi connectivity index (χ1) is 15.7. The summed E-state index contributed by atoms with van der Waals surface area (Å²) in [5, 5.41) is 5.98. The summed E-state index contributed by atoms with van der Waals surface area (Å²) in [6.07, 6.45) is 4.91. The average molecular weight is 452 g/mol. The standard InChI is InChI=1S/C25H26ClN3O3/c1-31-14-13-29-12-11-18-21(29)9-4-10-22(18)32-15-23(30)27-20-8-3-6-17-16-5-2-7-19(26)24(16)28-25(17)20/h2,4-5,7,9-12,20,28H,3,6,8,13-15H2,1H3,(H,27,30). The minimum absolute atomic E-state index is 0.0326. The molecule has 0 saturated carbocycles. The van der Waals surface area contributed by atoms with Crippen molar-refractivity contribution in [2.75, 3.05) is 20.3 Å². The van der Waals surface area contributed by atoms with Gasteiger partial charge in [0.2, 0.25) is 0 Å². The first-order valence-electron chi connectivity index (χ1n) is 10.9. The fraction of sp³-hybridized carbons (Fsp3) is 0.320. The summed E-state index contributed by atoms with van der Waals surface area (Å²) in [7, 11) is 1.69. The molecular formula is C25H26ClN3O3. The summed E-state index contributed by atoms with van der Waals surface area (Å²) in [6, 6.07) is 13.8. The largest absolute Gasteiger partial charge is 0.483 e. The molecule has 2 aromatic heterocycles. The number of fused-ring (bicyclic) bond motifs is 4. The quantitative estimate of drug-likeness (QED) is 0.415.